The quantitative estimate of drug-likeness (QED) is 0.436. The molecule has 0 amide bonds. The molecule has 0 aliphatic carbocycles. The third-order valence-electron chi connectivity index (χ3n) is 1.04. The van der Waals surface area contributed by atoms with Gasteiger partial charge in [0, 0.05) is 0 Å². The van der Waals surface area contributed by atoms with E-state index in [1.165, 1.54) is 0 Å². The van der Waals surface area contributed by atoms with Gasteiger partial charge in [0.05, 0.1) is 0 Å². The molecular formula is C5H12N2O2. The lowest BCUT2D eigenvalue weighted by Crippen LogP contribution is -2.30. The molecule has 1 atom stereocenters. The summed E-state index contributed by atoms with van der Waals surface area (Å²) in [7, 11) is 0. The summed E-state index contributed by atoms with van der Waals surface area (Å²) in [5.74, 6) is -0.955. The lowest BCUT2D eigenvalue weighted by Gasteiger charge is -2.02. The second-order valence-electron chi connectivity index (χ2n) is 1.88. The average molecular weight is 134 g/mol. The molecule has 0 saturated heterocycles. The summed E-state index contributed by atoms with van der Waals surface area (Å²) in [6, 6.07) is -0.742. The van der Waals surface area contributed by atoms with Gasteiger partial charge in [0.1, 0.15) is 6.04 Å². The summed E-state index contributed by atoms with van der Waals surface area (Å²) in [6.45, 7) is 0.501. The first kappa shape index (κ1) is 8.39. The SMILES string of the molecule is [15NH2]CCC[C@H]([15NH2])C(=O)O. The van der Waals surface area contributed by atoms with E-state index in [0.29, 0.717) is 19.4 Å². The van der Waals surface area contributed by atoms with Gasteiger partial charge in [-0.15, -0.1) is 0 Å². The summed E-state index contributed by atoms with van der Waals surface area (Å²) in [6.07, 6.45) is 1.14. The van der Waals surface area contributed by atoms with Gasteiger partial charge in [-0.1, -0.05) is 0 Å². The smallest absolute Gasteiger partial charge is 0.320 e. The third-order valence-corrected chi connectivity index (χ3v) is 1.04. The molecule has 0 aromatic rings. The first-order chi connectivity index (χ1) is 4.18. The van der Waals surface area contributed by atoms with Crippen molar-refractivity contribution in [2.45, 2.75) is 18.9 Å². The predicted molar refractivity (Wildman–Crippen MR) is 33.9 cm³/mol. The van der Waals surface area contributed by atoms with Gasteiger partial charge in [0.25, 0.3) is 0 Å². The maximum Gasteiger partial charge on any atom is 0.320 e. The standard InChI is InChI=1S/C5H12N2O2/c6-3-1-2-4(7)5(8)9/h4H,1-3,6-7H2,(H,8,9)/t4-/m0/s1/i6+1,7+1. The van der Waals surface area contributed by atoms with Crippen molar-refractivity contribution in [2.75, 3.05) is 6.54 Å². The van der Waals surface area contributed by atoms with Crippen LogP contribution >= 0.6 is 0 Å². The highest BCUT2D eigenvalue weighted by molar-refractivity contribution is 5.72. The Balaban J connectivity index is 3.27. The molecule has 54 valence electrons. The summed E-state index contributed by atoms with van der Waals surface area (Å²) >= 11 is 0. The lowest BCUT2D eigenvalue weighted by atomic mass is 10.2. The molecule has 4 heteroatoms. The fourth-order valence-electron chi connectivity index (χ4n) is 0.461. The zero-order valence-corrected chi connectivity index (χ0v) is 5.21. The van der Waals surface area contributed by atoms with Gasteiger partial charge in [0.2, 0.25) is 0 Å². The van der Waals surface area contributed by atoms with Crippen LogP contribution in [0, 0.1) is 0 Å². The monoisotopic (exact) mass is 134 g/mol. The Hall–Kier alpha value is -0.610. The molecule has 0 unspecified atom stereocenters. The minimum atomic E-state index is -0.955. The van der Waals surface area contributed by atoms with Crippen molar-refractivity contribution in [1.82, 2.24) is 0 Å². The lowest BCUT2D eigenvalue weighted by molar-refractivity contribution is -0.138. The number of hydrogen-bond donors (Lipinski definition) is 3. The van der Waals surface area contributed by atoms with E-state index < -0.39 is 12.0 Å². The van der Waals surface area contributed by atoms with Gasteiger partial charge in [0.15, 0.2) is 0 Å². The van der Waals surface area contributed by atoms with Crippen LogP contribution in [0.4, 0.5) is 0 Å². The van der Waals surface area contributed by atoms with Crippen LogP contribution in [0.25, 0.3) is 0 Å². The molecule has 0 bridgehead atoms. The van der Waals surface area contributed by atoms with Gasteiger partial charge in [-0.05, 0) is 19.4 Å². The van der Waals surface area contributed by atoms with Crippen molar-refractivity contribution in [3.63, 3.8) is 0 Å². The van der Waals surface area contributed by atoms with Gasteiger partial charge < -0.3 is 16.6 Å². The Morgan fingerprint density at radius 3 is 2.56 bits per heavy atom. The highest BCUT2D eigenvalue weighted by Crippen LogP contribution is 1.91. The van der Waals surface area contributed by atoms with Gasteiger partial charge in [-0.2, -0.15) is 0 Å². The van der Waals surface area contributed by atoms with Crippen LogP contribution in [0.15, 0.2) is 0 Å². The molecule has 0 rings (SSSR count). The molecule has 0 radical (unpaired) electrons. The molecule has 0 aromatic carbocycles. The Morgan fingerprint density at radius 1 is 1.67 bits per heavy atom. The van der Waals surface area contributed by atoms with Crippen LogP contribution in [0.5, 0.6) is 0 Å². The van der Waals surface area contributed by atoms with Gasteiger partial charge in [-0.3, -0.25) is 4.79 Å². The fraction of sp³-hybridized carbons (Fsp3) is 0.800. The Bertz CT molecular complexity index is 95.0. The molecule has 0 aliphatic rings. The normalized spacial score (nSPS) is 13.1. The maximum atomic E-state index is 10.0. The number of carboxylic acids is 1. The first-order valence-corrected chi connectivity index (χ1v) is 2.87. The molecule has 0 fully saturated rings. The third kappa shape index (κ3) is 3.93. The van der Waals surface area contributed by atoms with Crippen LogP contribution in [0.1, 0.15) is 12.8 Å². The van der Waals surface area contributed by atoms with Crippen molar-refractivity contribution in [2.24, 2.45) is 11.5 Å². The van der Waals surface area contributed by atoms with Gasteiger partial charge in [-0.25, -0.2) is 0 Å². The van der Waals surface area contributed by atoms with E-state index in [1.807, 2.05) is 0 Å². The minimum Gasteiger partial charge on any atom is -0.480 e. The Labute approximate surface area is 53.8 Å². The molecular weight excluding hydrogens is 122 g/mol. The number of carbonyl (C=O) groups is 1. The van der Waals surface area contributed by atoms with Crippen molar-refractivity contribution < 1.29 is 9.90 Å². The van der Waals surface area contributed by atoms with Crippen molar-refractivity contribution in [3.8, 4) is 0 Å². The van der Waals surface area contributed by atoms with E-state index in [1.54, 1.807) is 0 Å². The summed E-state index contributed by atoms with van der Waals surface area (Å²) in [4.78, 5) is 10.0. The molecule has 5 N–H and O–H groups in total. The van der Waals surface area contributed by atoms with E-state index in [9.17, 15) is 4.79 Å². The largest absolute Gasteiger partial charge is 0.480 e. The number of hydrogen-bond acceptors (Lipinski definition) is 3. The zero-order chi connectivity index (χ0) is 7.28. The zero-order valence-electron chi connectivity index (χ0n) is 5.21. The molecule has 0 saturated carbocycles. The van der Waals surface area contributed by atoms with E-state index in [4.69, 9.17) is 16.6 Å². The van der Waals surface area contributed by atoms with Crippen LogP contribution in [-0.2, 0) is 4.79 Å². The molecule has 0 heterocycles. The highest BCUT2D eigenvalue weighted by atomic mass is 16.4. The van der Waals surface area contributed by atoms with Crippen LogP contribution in [-0.4, -0.2) is 23.7 Å². The van der Waals surface area contributed by atoms with Crippen LogP contribution in [0.2, 0.25) is 0 Å². The molecule has 0 aromatic heterocycles. The fourth-order valence-corrected chi connectivity index (χ4v) is 0.461. The number of rotatable bonds is 4. The van der Waals surface area contributed by atoms with Crippen molar-refractivity contribution in [1.29, 1.82) is 0 Å². The number of nitrogens with two attached hydrogens (primary N) is 2. The van der Waals surface area contributed by atoms with Crippen molar-refractivity contribution in [3.05, 3.63) is 0 Å². The average Bonchev–Trinajstić information content (AvgIpc) is 1.82. The number of carboxylic acid groups (broad SMARTS) is 1. The second-order valence-corrected chi connectivity index (χ2v) is 1.88. The second kappa shape index (κ2) is 4.29. The van der Waals surface area contributed by atoms with Crippen LogP contribution < -0.4 is 11.5 Å². The summed E-state index contributed by atoms with van der Waals surface area (Å²) < 4.78 is 0. The molecule has 0 aliphatic heterocycles. The van der Waals surface area contributed by atoms with Gasteiger partial charge >= 0.3 is 5.97 Å². The highest BCUT2D eigenvalue weighted by Gasteiger charge is 2.08. The number of aliphatic carboxylic acids is 1. The molecule has 9 heavy (non-hydrogen) atoms. The Kier molecular flexibility index (Phi) is 4.00. The van der Waals surface area contributed by atoms with E-state index in [0.717, 1.165) is 0 Å². The van der Waals surface area contributed by atoms with E-state index in [-0.39, 0.29) is 0 Å². The topological polar surface area (TPSA) is 89.3 Å². The predicted octanol–water partition coefficient (Wildman–Crippen LogP) is -0.863. The maximum absolute atomic E-state index is 10.0. The van der Waals surface area contributed by atoms with Crippen molar-refractivity contribution >= 4 is 5.97 Å². The Morgan fingerprint density at radius 2 is 2.22 bits per heavy atom. The molecule has 4 nitrogen and oxygen atoms in total. The first-order valence-electron chi connectivity index (χ1n) is 2.87. The van der Waals surface area contributed by atoms with Crippen LogP contribution in [0.3, 0.4) is 0 Å². The van der Waals surface area contributed by atoms with E-state index >= 15 is 0 Å². The summed E-state index contributed by atoms with van der Waals surface area (Å²) in [5.41, 5.74) is 10.3. The molecule has 0 spiro atoms. The minimum absolute atomic E-state index is 0.464. The summed E-state index contributed by atoms with van der Waals surface area (Å²) in [5, 5.41) is 8.24. The van der Waals surface area contributed by atoms with E-state index in [2.05, 4.69) is 0 Å².